The van der Waals surface area contributed by atoms with E-state index in [1.54, 1.807) is 17.5 Å². The molecular formula is C14H15N3O3S3. The molecular weight excluding hydrogens is 354 g/mol. The number of aromatic nitrogens is 1. The molecule has 23 heavy (non-hydrogen) atoms. The zero-order valence-corrected chi connectivity index (χ0v) is 14.6. The third-order valence-electron chi connectivity index (χ3n) is 3.96. The number of hydrogen-bond acceptors (Lipinski definition) is 6. The summed E-state index contributed by atoms with van der Waals surface area (Å²) in [5.41, 5.74) is 0.902. The van der Waals surface area contributed by atoms with Crippen LogP contribution in [0.25, 0.3) is 0 Å². The third-order valence-corrected chi connectivity index (χ3v) is 8.18. The van der Waals surface area contributed by atoms with Crippen LogP contribution in [0.5, 0.6) is 0 Å². The zero-order valence-electron chi connectivity index (χ0n) is 12.2. The van der Waals surface area contributed by atoms with Gasteiger partial charge in [-0.2, -0.15) is 4.31 Å². The first-order valence-corrected chi connectivity index (χ1v) is 10.5. The minimum absolute atomic E-state index is 0.0270. The van der Waals surface area contributed by atoms with Crippen LogP contribution in [0, 0.1) is 5.92 Å². The van der Waals surface area contributed by atoms with Crippen LogP contribution >= 0.6 is 22.7 Å². The van der Waals surface area contributed by atoms with Crippen molar-refractivity contribution < 1.29 is 13.2 Å². The van der Waals surface area contributed by atoms with E-state index in [2.05, 4.69) is 10.3 Å². The van der Waals surface area contributed by atoms with Gasteiger partial charge in [-0.05, 0) is 24.3 Å². The Labute approximate surface area is 142 Å². The first kappa shape index (κ1) is 15.3. The van der Waals surface area contributed by atoms with Gasteiger partial charge in [0.05, 0.1) is 12.2 Å². The van der Waals surface area contributed by atoms with Crippen molar-refractivity contribution >= 4 is 43.7 Å². The molecule has 0 spiro atoms. The van der Waals surface area contributed by atoms with Crippen molar-refractivity contribution in [2.75, 3.05) is 11.9 Å². The van der Waals surface area contributed by atoms with E-state index in [1.807, 2.05) is 0 Å². The smallest absolute Gasteiger partial charge is 0.252 e. The Balaban J connectivity index is 1.53. The molecule has 0 saturated heterocycles. The molecule has 1 amide bonds. The van der Waals surface area contributed by atoms with Gasteiger partial charge in [-0.25, -0.2) is 13.4 Å². The quantitative estimate of drug-likeness (QED) is 0.897. The Kier molecular flexibility index (Phi) is 3.75. The summed E-state index contributed by atoms with van der Waals surface area (Å²) in [6.45, 7) is 0.750. The summed E-state index contributed by atoms with van der Waals surface area (Å²) in [7, 11) is -3.44. The van der Waals surface area contributed by atoms with Gasteiger partial charge in [0.1, 0.15) is 4.21 Å². The number of rotatable bonds is 4. The standard InChI is InChI=1S/C14H15N3O3S3/c18-13(9-3-4-9)16-14-15-10-5-6-17(8-11(10)22-14)23(19,20)12-2-1-7-21-12/h1-2,7,9H,3-6,8H2,(H,15,16,18). The largest absolute Gasteiger partial charge is 0.302 e. The van der Waals surface area contributed by atoms with Crippen LogP contribution in [-0.4, -0.2) is 30.2 Å². The van der Waals surface area contributed by atoms with Crippen molar-refractivity contribution in [1.29, 1.82) is 0 Å². The van der Waals surface area contributed by atoms with Crippen molar-refractivity contribution in [3.05, 3.63) is 28.1 Å². The molecule has 0 atom stereocenters. The Morgan fingerprint density at radius 1 is 1.39 bits per heavy atom. The molecule has 0 radical (unpaired) electrons. The Hall–Kier alpha value is -1.29. The highest BCUT2D eigenvalue weighted by Gasteiger charge is 2.33. The van der Waals surface area contributed by atoms with Crippen LogP contribution in [0.2, 0.25) is 0 Å². The zero-order chi connectivity index (χ0) is 16.0. The van der Waals surface area contributed by atoms with E-state index in [4.69, 9.17) is 0 Å². The van der Waals surface area contributed by atoms with Gasteiger partial charge in [-0.3, -0.25) is 4.79 Å². The van der Waals surface area contributed by atoms with Gasteiger partial charge in [-0.1, -0.05) is 6.07 Å². The van der Waals surface area contributed by atoms with E-state index in [1.165, 1.54) is 27.0 Å². The molecule has 0 bridgehead atoms. The number of carbonyl (C=O) groups excluding carboxylic acids is 1. The number of hydrogen-bond donors (Lipinski definition) is 1. The van der Waals surface area contributed by atoms with Gasteiger partial charge in [0.15, 0.2) is 5.13 Å². The van der Waals surface area contributed by atoms with Gasteiger partial charge in [-0.15, -0.1) is 22.7 Å². The molecule has 2 aliphatic rings. The van der Waals surface area contributed by atoms with Crippen molar-refractivity contribution in [3.63, 3.8) is 0 Å². The first-order chi connectivity index (χ1) is 11.0. The second-order valence-corrected chi connectivity index (χ2v) is 9.87. The molecule has 1 saturated carbocycles. The Bertz CT molecular complexity index is 838. The van der Waals surface area contributed by atoms with Crippen LogP contribution in [0.15, 0.2) is 21.7 Å². The lowest BCUT2D eigenvalue weighted by Gasteiger charge is -2.24. The number of nitrogens with one attached hydrogen (secondary N) is 1. The molecule has 9 heteroatoms. The molecule has 3 heterocycles. The van der Waals surface area contributed by atoms with Crippen molar-refractivity contribution in [1.82, 2.24) is 9.29 Å². The molecule has 2 aromatic rings. The molecule has 0 aromatic carbocycles. The summed E-state index contributed by atoms with van der Waals surface area (Å²) < 4.78 is 27.0. The lowest BCUT2D eigenvalue weighted by atomic mass is 10.2. The molecule has 2 aromatic heterocycles. The van der Waals surface area contributed by atoms with Crippen LogP contribution in [-0.2, 0) is 27.8 Å². The molecule has 1 fully saturated rings. The van der Waals surface area contributed by atoms with Crippen molar-refractivity contribution in [3.8, 4) is 0 Å². The molecule has 0 unspecified atom stereocenters. The fourth-order valence-corrected chi connectivity index (χ4v) is 6.18. The molecule has 4 rings (SSSR count). The van der Waals surface area contributed by atoms with E-state index >= 15 is 0 Å². The number of thiophene rings is 1. The molecule has 1 N–H and O–H groups in total. The van der Waals surface area contributed by atoms with Gasteiger partial charge < -0.3 is 5.32 Å². The predicted octanol–water partition coefficient (Wildman–Crippen LogP) is 2.30. The highest BCUT2D eigenvalue weighted by molar-refractivity contribution is 7.91. The average Bonchev–Trinajstić information content (AvgIpc) is 3.08. The summed E-state index contributed by atoms with van der Waals surface area (Å²) in [6, 6.07) is 3.37. The van der Waals surface area contributed by atoms with Crippen LogP contribution in [0.1, 0.15) is 23.4 Å². The lowest BCUT2D eigenvalue weighted by Crippen LogP contribution is -2.35. The SMILES string of the molecule is O=C(Nc1nc2c(s1)CN(S(=O)(=O)c1cccs1)CC2)C1CC1. The van der Waals surface area contributed by atoms with Crippen LogP contribution in [0.4, 0.5) is 5.13 Å². The van der Waals surface area contributed by atoms with Crippen LogP contribution < -0.4 is 5.32 Å². The van der Waals surface area contributed by atoms with E-state index < -0.39 is 10.0 Å². The molecule has 1 aliphatic heterocycles. The average molecular weight is 369 g/mol. The molecule has 6 nitrogen and oxygen atoms in total. The Morgan fingerprint density at radius 2 is 2.22 bits per heavy atom. The number of carbonyl (C=O) groups is 1. The summed E-state index contributed by atoms with van der Waals surface area (Å²) in [4.78, 5) is 17.2. The van der Waals surface area contributed by atoms with Crippen molar-refractivity contribution in [2.24, 2.45) is 5.92 Å². The summed E-state index contributed by atoms with van der Waals surface area (Å²) >= 11 is 2.61. The van der Waals surface area contributed by atoms with Crippen LogP contribution in [0.3, 0.4) is 0 Å². The number of thiazole rings is 1. The molecule has 122 valence electrons. The van der Waals surface area contributed by atoms with E-state index in [0.717, 1.165) is 23.4 Å². The summed E-state index contributed by atoms with van der Waals surface area (Å²) in [6.07, 6.45) is 2.48. The highest BCUT2D eigenvalue weighted by atomic mass is 32.2. The number of fused-ring (bicyclic) bond motifs is 1. The minimum Gasteiger partial charge on any atom is -0.302 e. The number of sulfonamides is 1. The minimum atomic E-state index is -3.44. The van der Waals surface area contributed by atoms with E-state index in [9.17, 15) is 13.2 Å². The fraction of sp³-hybridized carbons (Fsp3) is 0.429. The van der Waals surface area contributed by atoms with Gasteiger partial charge in [0.25, 0.3) is 10.0 Å². The third kappa shape index (κ3) is 2.93. The van der Waals surface area contributed by atoms with E-state index in [-0.39, 0.29) is 11.8 Å². The second kappa shape index (κ2) is 5.66. The number of nitrogens with zero attached hydrogens (tertiary/aromatic N) is 2. The number of amides is 1. The van der Waals surface area contributed by atoms with Gasteiger partial charge in [0.2, 0.25) is 5.91 Å². The van der Waals surface area contributed by atoms with Gasteiger partial charge in [0, 0.05) is 23.8 Å². The monoisotopic (exact) mass is 369 g/mol. The summed E-state index contributed by atoms with van der Waals surface area (Å²) in [5.74, 6) is 0.158. The molecule has 1 aliphatic carbocycles. The summed E-state index contributed by atoms with van der Waals surface area (Å²) in [5, 5.41) is 5.19. The topological polar surface area (TPSA) is 79.4 Å². The predicted molar refractivity (Wildman–Crippen MR) is 89.1 cm³/mol. The van der Waals surface area contributed by atoms with Gasteiger partial charge >= 0.3 is 0 Å². The fourth-order valence-electron chi connectivity index (χ4n) is 2.52. The van der Waals surface area contributed by atoms with Crippen molar-refractivity contribution in [2.45, 2.75) is 30.0 Å². The first-order valence-electron chi connectivity index (χ1n) is 7.37. The second-order valence-electron chi connectivity index (χ2n) is 5.67. The maximum Gasteiger partial charge on any atom is 0.252 e. The maximum absolute atomic E-state index is 12.6. The lowest BCUT2D eigenvalue weighted by molar-refractivity contribution is -0.117. The maximum atomic E-state index is 12.6. The Morgan fingerprint density at radius 3 is 2.91 bits per heavy atom. The highest BCUT2D eigenvalue weighted by Crippen LogP contribution is 2.34. The number of anilines is 1. The normalized spacial score (nSPS) is 18.6. The van der Waals surface area contributed by atoms with E-state index in [0.29, 0.717) is 28.9 Å².